The highest BCUT2D eigenvalue weighted by Gasteiger charge is 2.44. The average molecular weight is 598 g/mol. The van der Waals surface area contributed by atoms with Crippen molar-refractivity contribution in [2.75, 3.05) is 11.9 Å². The van der Waals surface area contributed by atoms with Gasteiger partial charge >= 0.3 is 0 Å². The Kier molecular flexibility index (Phi) is 8.79. The van der Waals surface area contributed by atoms with Crippen molar-refractivity contribution in [3.8, 4) is 11.5 Å². The number of fused-ring (bicyclic) bond motifs is 2. The smallest absolute Gasteiger partial charge is 0.248 e. The monoisotopic (exact) mass is 597 g/mol. The first-order valence-corrected chi connectivity index (χ1v) is 14.4. The van der Waals surface area contributed by atoms with Gasteiger partial charge in [-0.05, 0) is 56.9 Å². The second kappa shape index (κ2) is 12.5. The summed E-state index contributed by atoms with van der Waals surface area (Å²) in [7, 11) is 0. The van der Waals surface area contributed by atoms with E-state index in [0.29, 0.717) is 22.4 Å². The Hall–Kier alpha value is -3.32. The molecule has 6 heterocycles. The van der Waals surface area contributed by atoms with Gasteiger partial charge in [-0.15, -0.1) is 12.4 Å². The van der Waals surface area contributed by atoms with Crippen LogP contribution < -0.4 is 10.1 Å². The number of nitrogens with zero attached hydrogens (tertiary/aromatic N) is 6. The lowest BCUT2D eigenvalue weighted by Gasteiger charge is -2.37. The summed E-state index contributed by atoms with van der Waals surface area (Å²) in [5, 5.41) is 14.1. The first-order valence-electron chi connectivity index (χ1n) is 12.8. The van der Waals surface area contributed by atoms with E-state index in [1.54, 1.807) is 18.6 Å². The number of hydrogen-bond donors (Lipinski definition) is 2. The maximum atomic E-state index is 12.2. The number of carbonyl (C=O) groups excluding carboxylic acids is 1. The normalized spacial score (nSPS) is 19.6. The number of anilines is 2. The molecule has 4 aromatic rings. The number of aliphatic hydroxyl groups is 1. The predicted molar refractivity (Wildman–Crippen MR) is 155 cm³/mol. The Labute approximate surface area is 246 Å². The molecule has 13 heteroatoms. The van der Waals surface area contributed by atoms with Crippen molar-refractivity contribution in [1.29, 1.82) is 0 Å². The molecule has 2 N–H and O–H groups in total. The molecule has 2 atom stereocenters. The lowest BCUT2D eigenvalue weighted by atomic mass is 9.90. The van der Waals surface area contributed by atoms with E-state index >= 15 is 0 Å². The molecule has 208 valence electrons. The van der Waals surface area contributed by atoms with Crippen LogP contribution in [-0.2, 0) is 4.79 Å². The number of amides is 1. The molecule has 1 amide bonds. The van der Waals surface area contributed by atoms with Crippen LogP contribution in [-0.4, -0.2) is 58.9 Å². The van der Waals surface area contributed by atoms with Crippen LogP contribution >= 0.6 is 35.7 Å². The van der Waals surface area contributed by atoms with Gasteiger partial charge < -0.3 is 20.1 Å². The van der Waals surface area contributed by atoms with E-state index < -0.39 is 6.61 Å². The van der Waals surface area contributed by atoms with Crippen LogP contribution in [0, 0.1) is 6.92 Å². The number of nitrogens with one attached hydrogen (secondary N) is 1. The van der Waals surface area contributed by atoms with E-state index in [9.17, 15) is 9.90 Å². The minimum Gasteiger partial charge on any atom is -0.452 e. The highest BCUT2D eigenvalue weighted by Crippen LogP contribution is 2.43. The number of piperidine rings is 1. The Bertz CT molecular complexity index is 1460. The second-order valence-corrected chi connectivity index (χ2v) is 11.4. The number of hydrogen-bond acceptors (Lipinski definition) is 11. The maximum Gasteiger partial charge on any atom is 0.248 e. The van der Waals surface area contributed by atoms with Crippen molar-refractivity contribution in [2.45, 2.75) is 60.5 Å². The molecule has 0 aliphatic carbocycles. The zero-order chi connectivity index (χ0) is 26.8. The van der Waals surface area contributed by atoms with Gasteiger partial charge in [-0.2, -0.15) is 4.37 Å². The zero-order valence-corrected chi connectivity index (χ0v) is 24.1. The van der Waals surface area contributed by atoms with E-state index in [2.05, 4.69) is 24.6 Å². The molecular weight excluding hydrogens is 570 g/mol. The van der Waals surface area contributed by atoms with E-state index in [1.807, 2.05) is 48.2 Å². The lowest BCUT2D eigenvalue weighted by Crippen LogP contribution is -2.47. The maximum absolute atomic E-state index is 12.2. The molecular formula is C27H28ClN7O3S2. The first-order chi connectivity index (χ1) is 19.1. The summed E-state index contributed by atoms with van der Waals surface area (Å²) in [5.41, 5.74) is 0.769. The number of aromatic nitrogens is 5. The molecule has 0 aromatic carbocycles. The van der Waals surface area contributed by atoms with E-state index in [4.69, 9.17) is 9.72 Å². The number of ether oxygens (including phenoxy) is 1. The summed E-state index contributed by atoms with van der Waals surface area (Å²) < 4.78 is 10.9. The third-order valence-electron chi connectivity index (χ3n) is 7.05. The largest absolute Gasteiger partial charge is 0.452 e. The summed E-state index contributed by atoms with van der Waals surface area (Å²) >= 11 is 2.78. The summed E-state index contributed by atoms with van der Waals surface area (Å²) in [6.07, 6.45) is 8.81. The average Bonchev–Trinajstić information content (AvgIpc) is 3.53. The fraction of sp³-hybridized carbons (Fsp3) is 0.333. The van der Waals surface area contributed by atoms with Crippen molar-refractivity contribution in [3.63, 3.8) is 0 Å². The van der Waals surface area contributed by atoms with Crippen LogP contribution in [0.4, 0.5) is 10.9 Å². The van der Waals surface area contributed by atoms with Crippen LogP contribution in [0.25, 0.3) is 0 Å². The van der Waals surface area contributed by atoms with Crippen LogP contribution in [0.2, 0.25) is 0 Å². The molecule has 0 saturated carbocycles. The van der Waals surface area contributed by atoms with Crippen LogP contribution in [0.3, 0.4) is 0 Å². The number of carbonyl (C=O) groups is 1. The van der Waals surface area contributed by atoms with Gasteiger partial charge in [0.25, 0.3) is 0 Å². The van der Waals surface area contributed by atoms with Gasteiger partial charge in [-0.3, -0.25) is 9.78 Å². The van der Waals surface area contributed by atoms with Gasteiger partial charge in [0.1, 0.15) is 23.2 Å². The third kappa shape index (κ3) is 6.04. The van der Waals surface area contributed by atoms with Crippen molar-refractivity contribution in [2.24, 2.45) is 0 Å². The van der Waals surface area contributed by atoms with Crippen LogP contribution in [0.1, 0.15) is 43.1 Å². The molecule has 10 nitrogen and oxygen atoms in total. The molecule has 2 aliphatic rings. The van der Waals surface area contributed by atoms with Gasteiger partial charge in [0, 0.05) is 59.1 Å². The quantitative estimate of drug-likeness (QED) is 0.274. The van der Waals surface area contributed by atoms with Crippen molar-refractivity contribution >= 4 is 52.6 Å². The molecule has 2 aliphatic heterocycles. The number of pyridine rings is 3. The predicted octanol–water partition coefficient (Wildman–Crippen LogP) is 5.37. The Balaban J connectivity index is 0.00000323. The molecule has 40 heavy (non-hydrogen) atoms. The summed E-state index contributed by atoms with van der Waals surface area (Å²) in [4.78, 5) is 33.1. The zero-order valence-electron chi connectivity index (χ0n) is 21.6. The van der Waals surface area contributed by atoms with Crippen molar-refractivity contribution < 1.29 is 14.6 Å². The molecule has 2 bridgehead atoms. The van der Waals surface area contributed by atoms with Crippen LogP contribution in [0.5, 0.6) is 11.5 Å². The minimum absolute atomic E-state index is 0. The Morgan fingerprint density at radius 2 is 1.93 bits per heavy atom. The fourth-order valence-electron chi connectivity index (χ4n) is 5.31. The molecule has 0 radical (unpaired) electrons. The standard InChI is InChI=1S/C27H27N7O3S2.ClH/c1-16-21(5-4-10-28-16)37-22-13-20(38-23-6-2-3-9-29-23)14-30-26(22)32-27-31-25(33-39-27)17-11-18-7-8-19(12-17)34(18)24(36)15-35;/h2-6,9-10,13-14,17-19,35H,7-8,11-12,15H2,1H3,(H,30,31,32,33);1H. The Morgan fingerprint density at radius 3 is 2.65 bits per heavy atom. The fourth-order valence-corrected chi connectivity index (χ4v) is 6.73. The van der Waals surface area contributed by atoms with Gasteiger partial charge in [-0.1, -0.05) is 17.8 Å². The summed E-state index contributed by atoms with van der Waals surface area (Å²) in [5.74, 6) is 2.48. The highest BCUT2D eigenvalue weighted by molar-refractivity contribution is 7.99. The van der Waals surface area contributed by atoms with Gasteiger partial charge in [-0.25, -0.2) is 15.0 Å². The van der Waals surface area contributed by atoms with Crippen LogP contribution in [0.15, 0.2) is 64.9 Å². The molecule has 2 unspecified atom stereocenters. The number of aliphatic hydroxyl groups excluding tert-OH is 1. The summed E-state index contributed by atoms with van der Waals surface area (Å²) in [6.45, 7) is 1.46. The number of aryl methyl sites for hydroxylation is 1. The van der Waals surface area contributed by atoms with E-state index in [0.717, 1.165) is 47.1 Å². The molecule has 0 spiro atoms. The lowest BCUT2D eigenvalue weighted by molar-refractivity contribution is -0.138. The topological polar surface area (TPSA) is 126 Å². The SMILES string of the molecule is Cc1ncccc1Oc1cc(Sc2ccccn2)cnc1Nc1nc(C2CC3CCC(C2)N3C(=O)CO)ns1.Cl. The number of rotatable bonds is 8. The molecule has 6 rings (SSSR count). The van der Waals surface area contributed by atoms with Gasteiger partial charge in [0.2, 0.25) is 11.0 Å². The summed E-state index contributed by atoms with van der Waals surface area (Å²) in [6, 6.07) is 11.7. The Morgan fingerprint density at radius 1 is 1.12 bits per heavy atom. The number of halogens is 1. The first kappa shape index (κ1) is 28.2. The third-order valence-corrected chi connectivity index (χ3v) is 8.61. The molecule has 4 aromatic heterocycles. The van der Waals surface area contributed by atoms with Gasteiger partial charge in [0.05, 0.1) is 5.69 Å². The molecule has 2 fully saturated rings. The highest BCUT2D eigenvalue weighted by atomic mass is 35.5. The molecule has 2 saturated heterocycles. The van der Waals surface area contributed by atoms with Crippen molar-refractivity contribution in [3.05, 3.63) is 66.5 Å². The van der Waals surface area contributed by atoms with E-state index in [-0.39, 0.29) is 36.3 Å². The van der Waals surface area contributed by atoms with E-state index in [1.165, 1.54) is 23.3 Å². The second-order valence-electron chi connectivity index (χ2n) is 9.57. The van der Waals surface area contributed by atoms with Crippen molar-refractivity contribution in [1.82, 2.24) is 29.2 Å². The van der Waals surface area contributed by atoms with Gasteiger partial charge in [0.15, 0.2) is 11.6 Å². The minimum atomic E-state index is -0.435.